The summed E-state index contributed by atoms with van der Waals surface area (Å²) in [5.41, 5.74) is 0.714. The second-order valence-corrected chi connectivity index (χ2v) is 8.18. The number of hydrogen-bond donors (Lipinski definition) is 0. The fourth-order valence-corrected chi connectivity index (χ4v) is 5.56. The molecule has 0 aromatic rings. The summed E-state index contributed by atoms with van der Waals surface area (Å²) >= 11 is 0. The highest BCUT2D eigenvalue weighted by Crippen LogP contribution is 2.63. The van der Waals surface area contributed by atoms with Crippen molar-refractivity contribution in [2.24, 2.45) is 22.7 Å². The Morgan fingerprint density at radius 1 is 1.16 bits per heavy atom. The van der Waals surface area contributed by atoms with E-state index in [0.717, 1.165) is 24.8 Å². The molecule has 1 saturated carbocycles. The molecule has 1 saturated heterocycles. The predicted molar refractivity (Wildman–Crippen MR) is 89.4 cm³/mol. The van der Waals surface area contributed by atoms with E-state index >= 15 is 0 Å². The van der Waals surface area contributed by atoms with Crippen molar-refractivity contribution in [1.82, 2.24) is 0 Å². The third-order valence-corrected chi connectivity index (χ3v) is 7.19. The maximum atomic E-state index is 12.9. The fraction of sp³-hybridized carbons (Fsp3) is 0.650. The molecular weight excluding hydrogens is 320 g/mol. The van der Waals surface area contributed by atoms with Crippen LogP contribution in [0.1, 0.15) is 46.0 Å². The molecule has 0 N–H and O–H groups in total. The Kier molecular flexibility index (Phi) is 3.67. The number of ether oxygens (including phenoxy) is 2. The Morgan fingerprint density at radius 2 is 1.96 bits per heavy atom. The van der Waals surface area contributed by atoms with Gasteiger partial charge in [-0.25, -0.2) is 9.59 Å². The topological polar surface area (TPSA) is 69.7 Å². The van der Waals surface area contributed by atoms with Crippen molar-refractivity contribution >= 4 is 17.7 Å². The zero-order valence-corrected chi connectivity index (χ0v) is 14.8. The number of Topliss-reactive ketones (excluding diaryl/α,β-unsaturated/α-hetero) is 1. The van der Waals surface area contributed by atoms with Crippen LogP contribution >= 0.6 is 0 Å². The first kappa shape index (κ1) is 16.6. The summed E-state index contributed by atoms with van der Waals surface area (Å²) in [6, 6.07) is 0. The van der Waals surface area contributed by atoms with Gasteiger partial charge in [-0.2, -0.15) is 0 Å². The van der Waals surface area contributed by atoms with Crippen molar-refractivity contribution in [3.05, 3.63) is 23.3 Å². The van der Waals surface area contributed by atoms with E-state index in [2.05, 4.69) is 6.92 Å². The third-order valence-electron chi connectivity index (χ3n) is 7.19. The molecular formula is C20H24O5. The summed E-state index contributed by atoms with van der Waals surface area (Å²) in [4.78, 5) is 36.8. The number of ketones is 1. The van der Waals surface area contributed by atoms with Gasteiger partial charge in [-0.1, -0.05) is 19.9 Å². The minimum atomic E-state index is -0.460. The Labute approximate surface area is 147 Å². The summed E-state index contributed by atoms with van der Waals surface area (Å²) in [6.07, 6.45) is 7.38. The molecule has 2 aliphatic heterocycles. The monoisotopic (exact) mass is 344 g/mol. The molecule has 5 heteroatoms. The SMILES string of the molecule is C[C@@H]1C(=O)C[C@@]23COC(=O)C2=CCC[C@@H]3[C@@]1(C)CCC1=CCOC1=O. The highest BCUT2D eigenvalue weighted by molar-refractivity contribution is 5.96. The molecule has 0 unspecified atom stereocenters. The molecule has 0 bridgehead atoms. The van der Waals surface area contributed by atoms with Crippen molar-refractivity contribution in [2.75, 3.05) is 13.2 Å². The molecule has 2 heterocycles. The summed E-state index contributed by atoms with van der Waals surface area (Å²) in [7, 11) is 0. The van der Waals surface area contributed by atoms with Crippen molar-refractivity contribution in [3.8, 4) is 0 Å². The average molecular weight is 344 g/mol. The van der Waals surface area contributed by atoms with Gasteiger partial charge in [0, 0.05) is 28.9 Å². The van der Waals surface area contributed by atoms with Crippen molar-refractivity contribution < 1.29 is 23.9 Å². The van der Waals surface area contributed by atoms with Crippen LogP contribution in [0, 0.1) is 22.7 Å². The summed E-state index contributed by atoms with van der Waals surface area (Å²) in [5.74, 6) is -0.158. The molecule has 0 radical (unpaired) electrons. The first-order chi connectivity index (χ1) is 11.9. The highest BCUT2D eigenvalue weighted by Gasteiger charge is 2.63. The minimum absolute atomic E-state index is 0.0869. The number of cyclic esters (lactones) is 2. The first-order valence-electron chi connectivity index (χ1n) is 9.15. The second-order valence-electron chi connectivity index (χ2n) is 8.18. The van der Waals surface area contributed by atoms with Gasteiger partial charge < -0.3 is 9.47 Å². The van der Waals surface area contributed by atoms with Gasteiger partial charge in [0.15, 0.2) is 0 Å². The zero-order chi connectivity index (χ0) is 17.8. The van der Waals surface area contributed by atoms with Crippen molar-refractivity contribution in [3.63, 3.8) is 0 Å². The lowest BCUT2D eigenvalue weighted by Crippen LogP contribution is -2.55. The first-order valence-corrected chi connectivity index (χ1v) is 9.15. The van der Waals surface area contributed by atoms with Crippen LogP contribution in [0.25, 0.3) is 0 Å². The molecule has 0 aromatic heterocycles. The average Bonchev–Trinajstić information content (AvgIpc) is 3.14. The molecule has 2 aliphatic carbocycles. The quantitative estimate of drug-likeness (QED) is 0.736. The standard InChI is InChI=1S/C20H24O5/c1-12-15(21)10-20-11-25-18(23)14(20)4-3-5-16(20)19(12,2)8-6-13-7-9-24-17(13)22/h4,7,12,16H,3,5-6,8-11H2,1-2H3/t12-,16-,19+,20-/m1/s1. The van der Waals surface area contributed by atoms with E-state index < -0.39 is 5.41 Å². The zero-order valence-electron chi connectivity index (χ0n) is 14.8. The van der Waals surface area contributed by atoms with Gasteiger partial charge in [0.25, 0.3) is 0 Å². The smallest absolute Gasteiger partial charge is 0.334 e. The Hall–Kier alpha value is -1.91. The number of esters is 2. The number of rotatable bonds is 3. The van der Waals surface area contributed by atoms with E-state index in [-0.39, 0.29) is 35.0 Å². The molecule has 4 rings (SSSR count). The van der Waals surface area contributed by atoms with Crippen LogP contribution in [0.5, 0.6) is 0 Å². The van der Waals surface area contributed by atoms with E-state index in [1.807, 2.05) is 19.1 Å². The van der Waals surface area contributed by atoms with Gasteiger partial charge in [-0.05, 0) is 43.1 Å². The predicted octanol–water partition coefficient (Wildman–Crippen LogP) is 2.74. The van der Waals surface area contributed by atoms with Crippen molar-refractivity contribution in [1.29, 1.82) is 0 Å². The molecule has 1 spiro atoms. The number of allylic oxidation sites excluding steroid dienone is 1. The number of carbonyl (C=O) groups excluding carboxylic acids is 3. The van der Waals surface area contributed by atoms with Crippen LogP contribution in [0.4, 0.5) is 0 Å². The maximum absolute atomic E-state index is 12.9. The molecule has 2 fully saturated rings. The van der Waals surface area contributed by atoms with Crippen LogP contribution in [0.15, 0.2) is 23.3 Å². The van der Waals surface area contributed by atoms with Crippen LogP contribution < -0.4 is 0 Å². The van der Waals surface area contributed by atoms with Gasteiger partial charge in [0.1, 0.15) is 19.0 Å². The molecule has 25 heavy (non-hydrogen) atoms. The lowest BCUT2D eigenvalue weighted by Gasteiger charge is -2.55. The summed E-state index contributed by atoms with van der Waals surface area (Å²) in [5, 5.41) is 0. The van der Waals surface area contributed by atoms with E-state index in [1.54, 1.807) is 0 Å². The molecule has 4 atom stereocenters. The molecule has 5 nitrogen and oxygen atoms in total. The van der Waals surface area contributed by atoms with Crippen LogP contribution in [-0.4, -0.2) is 30.9 Å². The van der Waals surface area contributed by atoms with Crippen molar-refractivity contribution in [2.45, 2.75) is 46.0 Å². The summed E-state index contributed by atoms with van der Waals surface area (Å²) in [6.45, 7) is 4.84. The Morgan fingerprint density at radius 3 is 2.68 bits per heavy atom. The van der Waals surface area contributed by atoms with Gasteiger partial charge in [0.2, 0.25) is 0 Å². The van der Waals surface area contributed by atoms with E-state index in [1.165, 1.54) is 0 Å². The van der Waals surface area contributed by atoms with Gasteiger partial charge >= 0.3 is 11.9 Å². The number of carbonyl (C=O) groups is 3. The van der Waals surface area contributed by atoms with Gasteiger partial charge in [-0.3, -0.25) is 4.79 Å². The molecule has 134 valence electrons. The minimum Gasteiger partial charge on any atom is -0.461 e. The van der Waals surface area contributed by atoms with Crippen LogP contribution in [0.2, 0.25) is 0 Å². The summed E-state index contributed by atoms with van der Waals surface area (Å²) < 4.78 is 10.4. The van der Waals surface area contributed by atoms with E-state index in [9.17, 15) is 14.4 Å². The van der Waals surface area contributed by atoms with Crippen LogP contribution in [0.3, 0.4) is 0 Å². The lowest BCUT2D eigenvalue weighted by atomic mass is 9.46. The van der Waals surface area contributed by atoms with Crippen LogP contribution in [-0.2, 0) is 23.9 Å². The normalized spacial score (nSPS) is 40.0. The highest BCUT2D eigenvalue weighted by atomic mass is 16.5. The second kappa shape index (κ2) is 5.55. The number of hydrogen-bond acceptors (Lipinski definition) is 5. The Balaban J connectivity index is 1.68. The maximum Gasteiger partial charge on any atom is 0.334 e. The van der Waals surface area contributed by atoms with E-state index in [0.29, 0.717) is 31.6 Å². The molecule has 0 aromatic carbocycles. The molecule has 0 amide bonds. The largest absolute Gasteiger partial charge is 0.461 e. The lowest BCUT2D eigenvalue weighted by molar-refractivity contribution is -0.145. The van der Waals surface area contributed by atoms with Gasteiger partial charge in [0.05, 0.1) is 0 Å². The fourth-order valence-electron chi connectivity index (χ4n) is 5.56. The Bertz CT molecular complexity index is 718. The third kappa shape index (κ3) is 2.24. The van der Waals surface area contributed by atoms with Gasteiger partial charge in [-0.15, -0.1) is 0 Å². The van der Waals surface area contributed by atoms with E-state index in [4.69, 9.17) is 9.47 Å². The molecule has 4 aliphatic rings.